The van der Waals surface area contributed by atoms with E-state index in [1.165, 1.54) is 6.07 Å². The third kappa shape index (κ3) is 11.1. The van der Waals surface area contributed by atoms with Gasteiger partial charge in [0, 0.05) is 4.47 Å². The fourth-order valence-electron chi connectivity index (χ4n) is 1.19. The van der Waals surface area contributed by atoms with Gasteiger partial charge in [-0.25, -0.2) is 0 Å². The number of amides is 2. The van der Waals surface area contributed by atoms with Gasteiger partial charge in [-0.3, -0.25) is 9.59 Å². The van der Waals surface area contributed by atoms with Gasteiger partial charge in [0.05, 0.1) is 23.6 Å². The lowest BCUT2D eigenvalue weighted by molar-refractivity contribution is -0.119. The molecule has 9 heteroatoms. The highest BCUT2D eigenvalue weighted by molar-refractivity contribution is 9.10. The highest BCUT2D eigenvalue weighted by Crippen LogP contribution is 2.20. The SMILES string of the molecule is CC(C)C.O=C(CNC(=O)c1cc(Br)ccc1Cl)NCB(O)O. The van der Waals surface area contributed by atoms with Crippen LogP contribution in [0.1, 0.15) is 31.1 Å². The Kier molecular flexibility index (Phi) is 10.9. The predicted molar refractivity (Wildman–Crippen MR) is 95.2 cm³/mol. The largest absolute Gasteiger partial charge is 0.472 e. The van der Waals surface area contributed by atoms with Gasteiger partial charge in [-0.1, -0.05) is 48.3 Å². The summed E-state index contributed by atoms with van der Waals surface area (Å²) < 4.78 is 0.690. The van der Waals surface area contributed by atoms with Crippen molar-refractivity contribution in [2.75, 3.05) is 13.0 Å². The van der Waals surface area contributed by atoms with Crippen LogP contribution in [0.5, 0.6) is 0 Å². The van der Waals surface area contributed by atoms with Crippen LogP contribution in [-0.4, -0.2) is 42.0 Å². The van der Waals surface area contributed by atoms with E-state index in [9.17, 15) is 9.59 Å². The molecule has 0 fully saturated rings. The number of rotatable bonds is 5. The number of halogens is 2. The van der Waals surface area contributed by atoms with E-state index in [-0.39, 0.29) is 23.6 Å². The maximum absolute atomic E-state index is 11.8. The van der Waals surface area contributed by atoms with Gasteiger partial charge in [-0.15, -0.1) is 0 Å². The fraction of sp³-hybridized carbons (Fsp3) is 0.429. The lowest BCUT2D eigenvalue weighted by atomic mass is 9.92. The van der Waals surface area contributed by atoms with Gasteiger partial charge in [0.1, 0.15) is 0 Å². The van der Waals surface area contributed by atoms with Gasteiger partial charge in [-0.2, -0.15) is 0 Å². The summed E-state index contributed by atoms with van der Waals surface area (Å²) in [7, 11) is -1.63. The van der Waals surface area contributed by atoms with Crippen LogP contribution in [0, 0.1) is 5.92 Å². The Hall–Kier alpha value is -1.09. The average molecular weight is 408 g/mol. The van der Waals surface area contributed by atoms with Gasteiger partial charge in [0.25, 0.3) is 5.91 Å². The molecule has 1 aromatic carbocycles. The van der Waals surface area contributed by atoms with Crippen molar-refractivity contribution in [3.05, 3.63) is 33.3 Å². The molecule has 0 saturated heterocycles. The second kappa shape index (κ2) is 11.5. The normalized spacial score (nSPS) is 9.74. The summed E-state index contributed by atoms with van der Waals surface area (Å²) in [5.74, 6) is -0.196. The summed E-state index contributed by atoms with van der Waals surface area (Å²) in [6.45, 7) is 6.22. The molecule has 0 spiro atoms. The molecule has 6 nitrogen and oxygen atoms in total. The highest BCUT2D eigenvalue weighted by atomic mass is 79.9. The van der Waals surface area contributed by atoms with Gasteiger partial charge in [0.15, 0.2) is 0 Å². The Balaban J connectivity index is 0.00000108. The lowest BCUT2D eigenvalue weighted by Crippen LogP contribution is -2.41. The second-order valence-corrected chi connectivity index (χ2v) is 6.65. The molecule has 128 valence electrons. The van der Waals surface area contributed by atoms with Crippen LogP contribution < -0.4 is 10.6 Å². The first-order valence-electron chi connectivity index (χ1n) is 6.99. The van der Waals surface area contributed by atoms with Crippen molar-refractivity contribution in [3.63, 3.8) is 0 Å². The van der Waals surface area contributed by atoms with Crippen LogP contribution in [-0.2, 0) is 4.79 Å². The summed E-state index contributed by atoms with van der Waals surface area (Å²) >= 11 is 9.07. The number of benzene rings is 1. The van der Waals surface area contributed by atoms with Crippen LogP contribution >= 0.6 is 27.5 Å². The predicted octanol–water partition coefficient (Wildman–Crippen LogP) is 1.62. The van der Waals surface area contributed by atoms with Crippen LogP contribution in [0.2, 0.25) is 5.02 Å². The molecule has 0 aromatic heterocycles. The Morgan fingerprint density at radius 3 is 2.35 bits per heavy atom. The summed E-state index contributed by atoms with van der Waals surface area (Å²) in [5, 5.41) is 22.0. The molecule has 1 aromatic rings. The monoisotopic (exact) mass is 406 g/mol. The molecule has 0 atom stereocenters. The first-order chi connectivity index (χ1) is 10.6. The molecule has 0 aliphatic rings. The molecule has 4 N–H and O–H groups in total. The minimum absolute atomic E-state index is 0.242. The molecule has 0 heterocycles. The molecule has 0 aliphatic carbocycles. The van der Waals surface area contributed by atoms with Crippen molar-refractivity contribution in [2.24, 2.45) is 5.92 Å². The zero-order valence-corrected chi connectivity index (χ0v) is 15.6. The first-order valence-corrected chi connectivity index (χ1v) is 8.16. The molecule has 0 bridgehead atoms. The van der Waals surface area contributed by atoms with Crippen molar-refractivity contribution in [2.45, 2.75) is 20.8 Å². The molecule has 2 amide bonds. The summed E-state index contributed by atoms with van der Waals surface area (Å²) in [4.78, 5) is 23.0. The van der Waals surface area contributed by atoms with E-state index in [0.29, 0.717) is 4.47 Å². The van der Waals surface area contributed by atoms with E-state index < -0.39 is 18.9 Å². The molecule has 0 aliphatic heterocycles. The van der Waals surface area contributed by atoms with E-state index in [2.05, 4.69) is 47.3 Å². The van der Waals surface area contributed by atoms with Crippen molar-refractivity contribution in [1.82, 2.24) is 10.6 Å². The molecule has 0 saturated carbocycles. The molecular weight excluding hydrogens is 386 g/mol. The second-order valence-electron chi connectivity index (χ2n) is 5.32. The van der Waals surface area contributed by atoms with Crippen LogP contribution in [0.4, 0.5) is 0 Å². The average Bonchev–Trinajstić information content (AvgIpc) is 2.44. The topological polar surface area (TPSA) is 98.7 Å². The van der Waals surface area contributed by atoms with E-state index >= 15 is 0 Å². The summed E-state index contributed by atoms with van der Waals surface area (Å²) in [6.07, 6.45) is -0.299. The van der Waals surface area contributed by atoms with Crippen molar-refractivity contribution < 1.29 is 19.6 Å². The fourth-order valence-corrected chi connectivity index (χ4v) is 1.76. The smallest absolute Gasteiger partial charge is 0.426 e. The number of carbonyl (C=O) groups is 2. The van der Waals surface area contributed by atoms with Crippen molar-refractivity contribution in [3.8, 4) is 0 Å². The maximum atomic E-state index is 11.8. The van der Waals surface area contributed by atoms with Gasteiger partial charge in [-0.05, 0) is 24.1 Å². The van der Waals surface area contributed by atoms with E-state index in [4.69, 9.17) is 21.6 Å². The van der Waals surface area contributed by atoms with E-state index in [1.807, 2.05) is 0 Å². The molecule has 0 unspecified atom stereocenters. The quantitative estimate of drug-likeness (QED) is 0.558. The Morgan fingerprint density at radius 2 is 1.83 bits per heavy atom. The van der Waals surface area contributed by atoms with Gasteiger partial charge < -0.3 is 20.7 Å². The minimum atomic E-state index is -1.63. The molecular formula is C14H21BBrClN2O4. The molecule has 1 rings (SSSR count). The molecule has 0 radical (unpaired) electrons. The third-order valence-corrected chi connectivity index (χ3v) is 2.89. The number of hydrogen-bond donors (Lipinski definition) is 4. The summed E-state index contributed by atoms with van der Waals surface area (Å²) in [5.41, 5.74) is 0.242. The minimum Gasteiger partial charge on any atom is -0.426 e. The van der Waals surface area contributed by atoms with Crippen LogP contribution in [0.15, 0.2) is 22.7 Å². The lowest BCUT2D eigenvalue weighted by Gasteiger charge is -2.08. The summed E-state index contributed by atoms with van der Waals surface area (Å²) in [6, 6.07) is 4.78. The third-order valence-electron chi connectivity index (χ3n) is 2.06. The zero-order valence-electron chi connectivity index (χ0n) is 13.3. The zero-order chi connectivity index (χ0) is 18.0. The number of hydrogen-bond acceptors (Lipinski definition) is 4. The van der Waals surface area contributed by atoms with Crippen molar-refractivity contribution in [1.29, 1.82) is 0 Å². The first kappa shape index (κ1) is 21.9. The van der Waals surface area contributed by atoms with E-state index in [0.717, 1.165) is 5.92 Å². The number of carbonyl (C=O) groups excluding carboxylic acids is 2. The van der Waals surface area contributed by atoms with Gasteiger partial charge in [0.2, 0.25) is 5.91 Å². The van der Waals surface area contributed by atoms with E-state index in [1.54, 1.807) is 12.1 Å². The highest BCUT2D eigenvalue weighted by Gasteiger charge is 2.13. The Labute approximate surface area is 149 Å². The maximum Gasteiger partial charge on any atom is 0.472 e. The standard InChI is InChI=1S/C10H11BBrClN2O4.C4H10/c12-6-1-2-8(13)7(3-6)10(17)14-4-9(16)15-5-11(18)19;1-4(2)3/h1-3,18-19H,4-5H2,(H,14,17)(H,15,16);4H,1-3H3. The van der Waals surface area contributed by atoms with Crippen molar-refractivity contribution >= 4 is 46.5 Å². The Bertz CT molecular complexity index is 527. The Morgan fingerprint density at radius 1 is 1.26 bits per heavy atom. The molecule has 23 heavy (non-hydrogen) atoms. The number of nitrogens with one attached hydrogen (secondary N) is 2. The van der Waals surface area contributed by atoms with Gasteiger partial charge >= 0.3 is 7.12 Å². The van der Waals surface area contributed by atoms with Crippen LogP contribution in [0.3, 0.4) is 0 Å². The van der Waals surface area contributed by atoms with Crippen LogP contribution in [0.25, 0.3) is 0 Å².